The number of halogens is 1. The van der Waals surface area contributed by atoms with Crippen LogP contribution in [0.4, 0.5) is 4.39 Å². The van der Waals surface area contributed by atoms with Crippen molar-refractivity contribution in [2.75, 3.05) is 13.7 Å². The van der Waals surface area contributed by atoms with Crippen LogP contribution in [0.5, 0.6) is 0 Å². The molecule has 0 bridgehead atoms. The lowest BCUT2D eigenvalue weighted by Gasteiger charge is -2.28. The molecule has 0 saturated carbocycles. The van der Waals surface area contributed by atoms with Crippen LogP contribution in [0.25, 0.3) is 0 Å². The van der Waals surface area contributed by atoms with Crippen molar-refractivity contribution in [1.82, 2.24) is 9.88 Å². The molecule has 0 unspecified atom stereocenters. The van der Waals surface area contributed by atoms with Crippen molar-refractivity contribution in [3.63, 3.8) is 0 Å². The molecular formula is C19H21FN2O2. The molecule has 126 valence electrons. The van der Waals surface area contributed by atoms with Crippen LogP contribution in [0.15, 0.2) is 48.8 Å². The van der Waals surface area contributed by atoms with Gasteiger partial charge in [-0.2, -0.15) is 0 Å². The van der Waals surface area contributed by atoms with Gasteiger partial charge in [-0.25, -0.2) is 4.39 Å². The van der Waals surface area contributed by atoms with E-state index in [2.05, 4.69) is 4.98 Å². The molecule has 2 heterocycles. The van der Waals surface area contributed by atoms with Gasteiger partial charge in [0, 0.05) is 26.0 Å². The van der Waals surface area contributed by atoms with Crippen LogP contribution >= 0.6 is 0 Å². The third kappa shape index (κ3) is 3.79. The minimum absolute atomic E-state index is 0.0188. The number of nitrogens with zero attached hydrogens (tertiary/aromatic N) is 2. The molecular weight excluding hydrogens is 307 g/mol. The van der Waals surface area contributed by atoms with E-state index in [0.717, 1.165) is 24.0 Å². The standard InChI is InChI=1S/C19H21FN2O2/c1-24-18-8-11-22(17(18)12-15-6-9-21-10-7-15)19(23)13-14-2-4-16(20)5-3-14/h2-7,9-10,17-18H,8,11-13H2,1H3/t17-,18-/m1/s1. The van der Waals surface area contributed by atoms with Crippen LogP contribution in [0.2, 0.25) is 0 Å². The Labute approximate surface area is 141 Å². The van der Waals surface area contributed by atoms with E-state index in [1.165, 1.54) is 12.1 Å². The zero-order chi connectivity index (χ0) is 16.9. The lowest BCUT2D eigenvalue weighted by Crippen LogP contribution is -2.42. The van der Waals surface area contributed by atoms with Gasteiger partial charge in [0.2, 0.25) is 5.91 Å². The summed E-state index contributed by atoms with van der Waals surface area (Å²) in [6.45, 7) is 0.689. The summed E-state index contributed by atoms with van der Waals surface area (Å²) < 4.78 is 18.6. The molecule has 1 aliphatic heterocycles. The fraction of sp³-hybridized carbons (Fsp3) is 0.368. The summed E-state index contributed by atoms with van der Waals surface area (Å²) in [7, 11) is 1.69. The Hall–Kier alpha value is -2.27. The number of hydrogen-bond donors (Lipinski definition) is 0. The molecule has 1 aromatic carbocycles. The van der Waals surface area contributed by atoms with Crippen LogP contribution in [0.1, 0.15) is 17.5 Å². The van der Waals surface area contributed by atoms with Gasteiger partial charge in [-0.05, 0) is 48.2 Å². The maximum absolute atomic E-state index is 13.0. The van der Waals surface area contributed by atoms with E-state index in [-0.39, 0.29) is 30.3 Å². The largest absolute Gasteiger partial charge is 0.379 e. The maximum atomic E-state index is 13.0. The first-order valence-corrected chi connectivity index (χ1v) is 8.13. The normalized spacial score (nSPS) is 20.3. The number of rotatable bonds is 5. The van der Waals surface area contributed by atoms with Gasteiger partial charge in [-0.1, -0.05) is 12.1 Å². The summed E-state index contributed by atoms with van der Waals surface area (Å²) >= 11 is 0. The van der Waals surface area contributed by atoms with Gasteiger partial charge in [-0.3, -0.25) is 9.78 Å². The Morgan fingerprint density at radius 2 is 1.92 bits per heavy atom. The highest BCUT2D eigenvalue weighted by Crippen LogP contribution is 2.25. The quantitative estimate of drug-likeness (QED) is 0.847. The Balaban J connectivity index is 1.72. The van der Waals surface area contributed by atoms with Crippen molar-refractivity contribution in [2.45, 2.75) is 31.4 Å². The third-order valence-electron chi connectivity index (χ3n) is 4.57. The van der Waals surface area contributed by atoms with Crippen molar-refractivity contribution < 1.29 is 13.9 Å². The number of carbonyl (C=O) groups is 1. The Bertz CT molecular complexity index is 676. The highest BCUT2D eigenvalue weighted by Gasteiger charge is 2.36. The first kappa shape index (κ1) is 16.6. The van der Waals surface area contributed by atoms with Gasteiger partial charge in [-0.15, -0.1) is 0 Å². The fourth-order valence-corrected chi connectivity index (χ4v) is 3.29. The number of benzene rings is 1. The van der Waals surface area contributed by atoms with Gasteiger partial charge in [0.1, 0.15) is 5.82 Å². The summed E-state index contributed by atoms with van der Waals surface area (Å²) in [6.07, 6.45) is 5.42. The Morgan fingerprint density at radius 3 is 2.58 bits per heavy atom. The molecule has 4 nitrogen and oxygen atoms in total. The van der Waals surface area contributed by atoms with Crippen molar-refractivity contribution in [1.29, 1.82) is 0 Å². The lowest BCUT2D eigenvalue weighted by atomic mass is 10.0. The van der Waals surface area contributed by atoms with Crippen LogP contribution in [0.3, 0.4) is 0 Å². The molecule has 1 fully saturated rings. The molecule has 0 spiro atoms. The second kappa shape index (κ2) is 7.53. The van der Waals surface area contributed by atoms with E-state index >= 15 is 0 Å². The van der Waals surface area contributed by atoms with Gasteiger partial charge >= 0.3 is 0 Å². The van der Waals surface area contributed by atoms with Crippen LogP contribution in [-0.4, -0.2) is 41.6 Å². The first-order valence-electron chi connectivity index (χ1n) is 8.13. The Kier molecular flexibility index (Phi) is 5.20. The van der Waals surface area contributed by atoms with E-state index in [9.17, 15) is 9.18 Å². The molecule has 1 amide bonds. The second-order valence-corrected chi connectivity index (χ2v) is 6.08. The highest BCUT2D eigenvalue weighted by atomic mass is 19.1. The smallest absolute Gasteiger partial charge is 0.227 e. The van der Waals surface area contributed by atoms with Crippen LogP contribution < -0.4 is 0 Å². The molecule has 1 saturated heterocycles. The minimum atomic E-state index is -0.289. The third-order valence-corrected chi connectivity index (χ3v) is 4.57. The van der Waals surface area contributed by atoms with Gasteiger partial charge in [0.05, 0.1) is 18.6 Å². The number of carbonyl (C=O) groups excluding carboxylic acids is 1. The number of pyridine rings is 1. The fourth-order valence-electron chi connectivity index (χ4n) is 3.29. The average molecular weight is 328 g/mol. The maximum Gasteiger partial charge on any atom is 0.227 e. The summed E-state index contributed by atoms with van der Waals surface area (Å²) in [5.74, 6) is -0.234. The highest BCUT2D eigenvalue weighted by molar-refractivity contribution is 5.79. The Morgan fingerprint density at radius 1 is 1.21 bits per heavy atom. The molecule has 0 N–H and O–H groups in total. The molecule has 5 heteroatoms. The van der Waals surface area contributed by atoms with E-state index in [1.807, 2.05) is 17.0 Å². The zero-order valence-electron chi connectivity index (χ0n) is 13.7. The number of methoxy groups -OCH3 is 1. The van der Waals surface area contributed by atoms with Gasteiger partial charge in [0.15, 0.2) is 0 Å². The van der Waals surface area contributed by atoms with Crippen LogP contribution in [0, 0.1) is 5.82 Å². The molecule has 1 aromatic heterocycles. The molecule has 2 aromatic rings. The predicted molar refractivity (Wildman–Crippen MR) is 89.0 cm³/mol. The number of amides is 1. The van der Waals surface area contributed by atoms with Crippen molar-refractivity contribution in [2.24, 2.45) is 0 Å². The van der Waals surface area contributed by atoms with E-state index in [0.29, 0.717) is 6.54 Å². The summed E-state index contributed by atoms with van der Waals surface area (Å²) in [5.41, 5.74) is 1.96. The average Bonchev–Trinajstić information content (AvgIpc) is 3.00. The first-order chi connectivity index (χ1) is 11.7. The lowest BCUT2D eigenvalue weighted by molar-refractivity contribution is -0.132. The van der Waals surface area contributed by atoms with E-state index in [1.54, 1.807) is 31.6 Å². The number of likely N-dealkylation sites (tertiary alicyclic amines) is 1. The van der Waals surface area contributed by atoms with E-state index in [4.69, 9.17) is 4.74 Å². The monoisotopic (exact) mass is 328 g/mol. The summed E-state index contributed by atoms with van der Waals surface area (Å²) in [6, 6.07) is 10.0. The number of hydrogen-bond acceptors (Lipinski definition) is 3. The zero-order valence-corrected chi connectivity index (χ0v) is 13.7. The molecule has 24 heavy (non-hydrogen) atoms. The number of ether oxygens (including phenoxy) is 1. The molecule has 2 atom stereocenters. The summed E-state index contributed by atoms with van der Waals surface area (Å²) in [4.78, 5) is 18.7. The molecule has 0 aliphatic carbocycles. The van der Waals surface area contributed by atoms with Gasteiger partial charge in [0.25, 0.3) is 0 Å². The molecule has 0 radical (unpaired) electrons. The minimum Gasteiger partial charge on any atom is -0.379 e. The van der Waals surface area contributed by atoms with Crippen molar-refractivity contribution in [3.8, 4) is 0 Å². The van der Waals surface area contributed by atoms with Crippen molar-refractivity contribution >= 4 is 5.91 Å². The topological polar surface area (TPSA) is 42.4 Å². The SMILES string of the molecule is CO[C@@H]1CCN(C(=O)Cc2ccc(F)cc2)[C@@H]1Cc1ccncc1. The van der Waals surface area contributed by atoms with Crippen LogP contribution in [-0.2, 0) is 22.4 Å². The van der Waals surface area contributed by atoms with E-state index < -0.39 is 0 Å². The summed E-state index contributed by atoms with van der Waals surface area (Å²) in [5, 5.41) is 0. The van der Waals surface area contributed by atoms with Gasteiger partial charge < -0.3 is 9.64 Å². The molecule has 1 aliphatic rings. The molecule has 3 rings (SSSR count). The van der Waals surface area contributed by atoms with Crippen molar-refractivity contribution in [3.05, 3.63) is 65.7 Å². The number of aromatic nitrogens is 1. The predicted octanol–water partition coefficient (Wildman–Crippen LogP) is 2.62. The second-order valence-electron chi connectivity index (χ2n) is 6.08.